The van der Waals surface area contributed by atoms with E-state index < -0.39 is 0 Å². The van der Waals surface area contributed by atoms with Gasteiger partial charge in [0.2, 0.25) is 0 Å². The highest BCUT2D eigenvalue weighted by molar-refractivity contribution is 5.94. The van der Waals surface area contributed by atoms with Gasteiger partial charge < -0.3 is 14.2 Å². The van der Waals surface area contributed by atoms with Gasteiger partial charge in [-0.25, -0.2) is 4.98 Å². The molecule has 1 aliphatic heterocycles. The molecule has 1 aromatic heterocycles. The number of rotatable bonds is 4. The molecule has 1 amide bonds. The molecule has 23 heavy (non-hydrogen) atoms. The first kappa shape index (κ1) is 15.7. The number of likely N-dealkylation sites (tertiary alicyclic amines) is 1. The number of hydrogen-bond acceptors (Lipinski definition) is 3. The summed E-state index contributed by atoms with van der Waals surface area (Å²) in [5, 5.41) is 0. The molecular formula is C18H23N3O2. The van der Waals surface area contributed by atoms with E-state index in [0.29, 0.717) is 6.61 Å². The van der Waals surface area contributed by atoms with Gasteiger partial charge in [0.05, 0.1) is 6.04 Å². The van der Waals surface area contributed by atoms with E-state index in [-0.39, 0.29) is 11.9 Å². The molecule has 0 N–H and O–H groups in total. The van der Waals surface area contributed by atoms with Crippen molar-refractivity contribution in [3.8, 4) is 0 Å². The number of carbonyl (C=O) groups is 1. The Morgan fingerprint density at radius 1 is 1.39 bits per heavy atom. The molecule has 1 fully saturated rings. The number of aryl methyl sites for hydroxylation is 2. The maximum absolute atomic E-state index is 12.7. The lowest BCUT2D eigenvalue weighted by molar-refractivity contribution is 0.0787. The SMILES string of the molecule is COCc1ncc(C)n1C1CCN(C(=O)c2cccc(C)c2)C1. The summed E-state index contributed by atoms with van der Waals surface area (Å²) >= 11 is 0. The van der Waals surface area contributed by atoms with Crippen molar-refractivity contribution >= 4 is 5.91 Å². The molecule has 5 heteroatoms. The van der Waals surface area contributed by atoms with Crippen LogP contribution >= 0.6 is 0 Å². The normalized spacial score (nSPS) is 17.7. The second-order valence-corrected chi connectivity index (χ2v) is 6.18. The first-order valence-electron chi connectivity index (χ1n) is 7.97. The van der Waals surface area contributed by atoms with Crippen molar-refractivity contribution in [3.63, 3.8) is 0 Å². The molecule has 0 saturated carbocycles. The topological polar surface area (TPSA) is 47.4 Å². The van der Waals surface area contributed by atoms with E-state index >= 15 is 0 Å². The summed E-state index contributed by atoms with van der Waals surface area (Å²) in [5.74, 6) is 1.04. The summed E-state index contributed by atoms with van der Waals surface area (Å²) in [4.78, 5) is 19.1. The van der Waals surface area contributed by atoms with Crippen LogP contribution in [0.4, 0.5) is 0 Å². The number of ether oxygens (including phenoxy) is 1. The molecule has 1 unspecified atom stereocenters. The van der Waals surface area contributed by atoms with Crippen LogP contribution in [-0.4, -0.2) is 40.6 Å². The molecule has 122 valence electrons. The summed E-state index contributed by atoms with van der Waals surface area (Å²) < 4.78 is 7.45. The number of nitrogens with zero attached hydrogens (tertiary/aromatic N) is 3. The van der Waals surface area contributed by atoms with Crippen molar-refractivity contribution < 1.29 is 9.53 Å². The lowest BCUT2D eigenvalue weighted by Gasteiger charge is -2.19. The predicted octanol–water partition coefficient (Wildman–Crippen LogP) is 2.73. The van der Waals surface area contributed by atoms with E-state index in [1.165, 1.54) is 0 Å². The van der Waals surface area contributed by atoms with Crippen LogP contribution in [0.5, 0.6) is 0 Å². The molecule has 1 atom stereocenters. The van der Waals surface area contributed by atoms with Gasteiger partial charge in [-0.2, -0.15) is 0 Å². The first-order valence-corrected chi connectivity index (χ1v) is 7.97. The third-order valence-electron chi connectivity index (χ3n) is 4.41. The van der Waals surface area contributed by atoms with Gasteiger partial charge in [-0.3, -0.25) is 4.79 Å². The first-order chi connectivity index (χ1) is 11.1. The Kier molecular flexibility index (Phi) is 4.48. The van der Waals surface area contributed by atoms with Crippen LogP contribution in [0.3, 0.4) is 0 Å². The average Bonchev–Trinajstić information content (AvgIpc) is 3.14. The highest BCUT2D eigenvalue weighted by atomic mass is 16.5. The number of hydrogen-bond donors (Lipinski definition) is 0. The Balaban J connectivity index is 1.76. The number of carbonyl (C=O) groups excluding carboxylic acids is 1. The number of amides is 1. The summed E-state index contributed by atoms with van der Waals surface area (Å²) in [6, 6.07) is 8.06. The minimum Gasteiger partial charge on any atom is -0.377 e. The fourth-order valence-electron chi connectivity index (χ4n) is 3.33. The summed E-state index contributed by atoms with van der Waals surface area (Å²) in [6.07, 6.45) is 2.82. The minimum atomic E-state index is 0.113. The molecule has 1 aliphatic rings. The molecule has 0 spiro atoms. The second-order valence-electron chi connectivity index (χ2n) is 6.18. The van der Waals surface area contributed by atoms with E-state index in [2.05, 4.69) is 16.5 Å². The zero-order valence-electron chi connectivity index (χ0n) is 14.0. The smallest absolute Gasteiger partial charge is 0.253 e. The molecule has 0 bridgehead atoms. The zero-order valence-corrected chi connectivity index (χ0v) is 14.0. The summed E-state index contributed by atoms with van der Waals surface area (Å²) in [5.41, 5.74) is 3.00. The van der Waals surface area contributed by atoms with E-state index in [9.17, 15) is 4.79 Å². The highest BCUT2D eigenvalue weighted by Crippen LogP contribution is 2.26. The van der Waals surface area contributed by atoms with Crippen LogP contribution < -0.4 is 0 Å². The van der Waals surface area contributed by atoms with E-state index in [1.54, 1.807) is 7.11 Å². The van der Waals surface area contributed by atoms with Crippen molar-refractivity contribution in [1.29, 1.82) is 0 Å². The van der Waals surface area contributed by atoms with Gasteiger partial charge in [-0.1, -0.05) is 17.7 Å². The summed E-state index contributed by atoms with van der Waals surface area (Å²) in [7, 11) is 1.68. The Labute approximate surface area is 136 Å². The van der Waals surface area contributed by atoms with Crippen molar-refractivity contribution in [3.05, 3.63) is 53.1 Å². The molecular weight excluding hydrogens is 290 g/mol. The third kappa shape index (κ3) is 3.15. The van der Waals surface area contributed by atoms with Gasteiger partial charge in [-0.15, -0.1) is 0 Å². The lowest BCUT2D eigenvalue weighted by Crippen LogP contribution is -2.29. The van der Waals surface area contributed by atoms with Crippen LogP contribution in [0.15, 0.2) is 30.5 Å². The van der Waals surface area contributed by atoms with Gasteiger partial charge in [0.25, 0.3) is 5.91 Å². The molecule has 1 saturated heterocycles. The quantitative estimate of drug-likeness (QED) is 0.872. The molecule has 0 aliphatic carbocycles. The average molecular weight is 313 g/mol. The lowest BCUT2D eigenvalue weighted by atomic mass is 10.1. The molecule has 2 heterocycles. The monoisotopic (exact) mass is 313 g/mol. The van der Waals surface area contributed by atoms with Crippen LogP contribution in [0.25, 0.3) is 0 Å². The van der Waals surface area contributed by atoms with Crippen molar-refractivity contribution in [2.24, 2.45) is 0 Å². The van der Waals surface area contributed by atoms with Crippen LogP contribution in [-0.2, 0) is 11.3 Å². The molecule has 1 aromatic carbocycles. The fraction of sp³-hybridized carbons (Fsp3) is 0.444. The third-order valence-corrected chi connectivity index (χ3v) is 4.41. The van der Waals surface area contributed by atoms with Gasteiger partial charge in [0.15, 0.2) is 0 Å². The predicted molar refractivity (Wildman–Crippen MR) is 88.4 cm³/mol. The van der Waals surface area contributed by atoms with Crippen LogP contribution in [0, 0.1) is 13.8 Å². The fourth-order valence-corrected chi connectivity index (χ4v) is 3.33. The van der Waals surface area contributed by atoms with E-state index in [1.807, 2.05) is 42.3 Å². The molecule has 5 nitrogen and oxygen atoms in total. The van der Waals surface area contributed by atoms with Crippen molar-refractivity contribution in [2.45, 2.75) is 32.9 Å². The largest absolute Gasteiger partial charge is 0.377 e. The highest BCUT2D eigenvalue weighted by Gasteiger charge is 2.30. The van der Waals surface area contributed by atoms with E-state index in [4.69, 9.17) is 4.74 Å². The number of benzene rings is 1. The maximum atomic E-state index is 12.7. The Hall–Kier alpha value is -2.14. The number of aromatic nitrogens is 2. The number of methoxy groups -OCH3 is 1. The Morgan fingerprint density at radius 3 is 2.96 bits per heavy atom. The number of imidazole rings is 1. The minimum absolute atomic E-state index is 0.113. The second kappa shape index (κ2) is 6.54. The standard InChI is InChI=1S/C18H23N3O2/c1-13-5-4-6-15(9-13)18(22)20-8-7-16(11-20)21-14(2)10-19-17(21)12-23-3/h4-6,9-10,16H,7-8,11-12H2,1-3H3. The van der Waals surface area contributed by atoms with Gasteiger partial charge in [0.1, 0.15) is 12.4 Å². The molecule has 2 aromatic rings. The Morgan fingerprint density at radius 2 is 2.22 bits per heavy atom. The van der Waals surface area contributed by atoms with E-state index in [0.717, 1.165) is 42.2 Å². The maximum Gasteiger partial charge on any atom is 0.253 e. The molecule has 3 rings (SSSR count). The molecule has 0 radical (unpaired) electrons. The zero-order chi connectivity index (χ0) is 16.4. The summed E-state index contributed by atoms with van der Waals surface area (Å²) in [6.45, 7) is 6.06. The van der Waals surface area contributed by atoms with Crippen molar-refractivity contribution in [1.82, 2.24) is 14.5 Å². The van der Waals surface area contributed by atoms with Gasteiger partial charge in [0, 0.05) is 37.7 Å². The van der Waals surface area contributed by atoms with Gasteiger partial charge in [-0.05, 0) is 32.4 Å². The van der Waals surface area contributed by atoms with Crippen LogP contribution in [0.2, 0.25) is 0 Å². The Bertz CT molecular complexity index is 708. The van der Waals surface area contributed by atoms with Crippen molar-refractivity contribution in [2.75, 3.05) is 20.2 Å². The van der Waals surface area contributed by atoms with Gasteiger partial charge >= 0.3 is 0 Å². The van der Waals surface area contributed by atoms with Crippen LogP contribution in [0.1, 0.15) is 39.9 Å².